The number of hydrazone groups is 1. The molecule has 0 amide bonds. The van der Waals surface area contributed by atoms with Crippen LogP contribution in [0.2, 0.25) is 0 Å². The summed E-state index contributed by atoms with van der Waals surface area (Å²) < 4.78 is 8.77. The number of hydrazine groups is 1. The van der Waals surface area contributed by atoms with Crippen molar-refractivity contribution in [1.29, 1.82) is 0 Å². The molecule has 0 fully saturated rings. The van der Waals surface area contributed by atoms with Gasteiger partial charge in [-0.25, -0.2) is 19.7 Å². The summed E-state index contributed by atoms with van der Waals surface area (Å²) in [7, 11) is 2.14. The van der Waals surface area contributed by atoms with Crippen molar-refractivity contribution >= 4 is 29.0 Å². The Bertz CT molecular complexity index is 568. The lowest BCUT2D eigenvalue weighted by Crippen LogP contribution is -2.27. The van der Waals surface area contributed by atoms with E-state index in [1.807, 2.05) is 5.43 Å². The van der Waals surface area contributed by atoms with Crippen molar-refractivity contribution in [3.05, 3.63) is 34.4 Å². The van der Waals surface area contributed by atoms with Crippen LogP contribution in [0.5, 0.6) is 0 Å². The van der Waals surface area contributed by atoms with Gasteiger partial charge in [-0.1, -0.05) is 12.1 Å². The molecule has 1 aromatic rings. The number of ether oxygens (including phenoxy) is 2. The van der Waals surface area contributed by atoms with Gasteiger partial charge in [-0.2, -0.15) is 5.10 Å². The van der Waals surface area contributed by atoms with Crippen LogP contribution in [-0.4, -0.2) is 36.9 Å². The Balaban J connectivity index is 3.03. The van der Waals surface area contributed by atoms with E-state index < -0.39 is 22.7 Å². The summed E-state index contributed by atoms with van der Waals surface area (Å²) >= 11 is 0. The summed E-state index contributed by atoms with van der Waals surface area (Å²) in [5.74, 6) is -2.01. The molecule has 1 aromatic carbocycles. The lowest BCUT2D eigenvalue weighted by Gasteiger charge is -2.07. The number of hydrogen-bond donors (Lipinski definition) is 2. The minimum absolute atomic E-state index is 0.0975. The van der Waals surface area contributed by atoms with Crippen LogP contribution in [-0.2, 0) is 19.1 Å². The summed E-state index contributed by atoms with van der Waals surface area (Å²) in [5, 5.41) is 13.3. The van der Waals surface area contributed by atoms with Crippen molar-refractivity contribution in [3.63, 3.8) is 0 Å². The summed E-state index contributed by atoms with van der Waals surface area (Å²) in [5.41, 5.74) is 3.96. The number of nitrogens with zero attached hydrogens (tertiary/aromatic N) is 2. The maximum absolute atomic E-state index is 11.4. The van der Waals surface area contributed by atoms with Gasteiger partial charge in [0.15, 0.2) is 5.03 Å². The highest BCUT2D eigenvalue weighted by Gasteiger charge is 2.22. The molecule has 21 heavy (non-hydrogen) atoms. The topological polar surface area (TPSA) is 132 Å². The number of rotatable bonds is 6. The Hall–Kier alpha value is -3.17. The van der Waals surface area contributed by atoms with Crippen molar-refractivity contribution in [3.8, 4) is 0 Å². The fourth-order valence-corrected chi connectivity index (χ4v) is 1.26. The second-order valence-electron chi connectivity index (χ2n) is 3.47. The predicted molar refractivity (Wildman–Crippen MR) is 72.1 cm³/mol. The number of carbonyl (C=O) groups excluding carboxylic acids is 2. The van der Waals surface area contributed by atoms with Crippen molar-refractivity contribution in [2.45, 2.75) is 0 Å². The number of hydrogen-bond acceptors (Lipinski definition) is 8. The zero-order valence-electron chi connectivity index (χ0n) is 11.2. The summed E-state index contributed by atoms with van der Waals surface area (Å²) in [6.45, 7) is 0. The van der Waals surface area contributed by atoms with Crippen molar-refractivity contribution < 1.29 is 24.1 Å². The van der Waals surface area contributed by atoms with E-state index in [2.05, 4.69) is 20.0 Å². The lowest BCUT2D eigenvalue weighted by molar-refractivity contribution is -0.445. The van der Waals surface area contributed by atoms with Gasteiger partial charge in [-0.05, 0) is 12.1 Å². The van der Waals surface area contributed by atoms with Crippen LogP contribution in [0.3, 0.4) is 0 Å². The molecule has 0 atom stereocenters. The standard InChI is InChI=1S/C11H12N4O6/c1-20-10(16)9(11(17)21-2)13-12-7-5-3-4-6-8(7)14-15(18)19/h3-6,12,14H,1-2H3. The van der Waals surface area contributed by atoms with Crippen LogP contribution in [0.1, 0.15) is 0 Å². The largest absolute Gasteiger partial charge is 0.464 e. The fourth-order valence-electron chi connectivity index (χ4n) is 1.26. The molecule has 1 rings (SSSR count). The molecule has 0 unspecified atom stereocenters. The zero-order chi connectivity index (χ0) is 15.8. The Kier molecular flexibility index (Phi) is 5.62. The number of nitrogens with one attached hydrogen (secondary N) is 2. The third-order valence-electron chi connectivity index (χ3n) is 2.18. The first kappa shape index (κ1) is 15.9. The van der Waals surface area contributed by atoms with E-state index in [9.17, 15) is 19.7 Å². The highest BCUT2D eigenvalue weighted by Crippen LogP contribution is 2.20. The number of nitro groups is 1. The molecule has 0 spiro atoms. The lowest BCUT2D eigenvalue weighted by atomic mass is 10.3. The molecule has 0 radical (unpaired) electrons. The summed E-state index contributed by atoms with van der Waals surface area (Å²) in [4.78, 5) is 33.2. The monoisotopic (exact) mass is 296 g/mol. The van der Waals surface area contributed by atoms with Crippen LogP contribution in [0, 0.1) is 10.1 Å². The molecule has 0 saturated heterocycles. The van der Waals surface area contributed by atoms with Crippen molar-refractivity contribution in [2.24, 2.45) is 5.10 Å². The molecular formula is C11H12N4O6. The molecule has 0 saturated carbocycles. The molecule has 0 bridgehead atoms. The summed E-state index contributed by atoms with van der Waals surface area (Å²) in [6.07, 6.45) is 0. The van der Waals surface area contributed by atoms with Gasteiger partial charge in [0.2, 0.25) is 0 Å². The Morgan fingerprint density at radius 3 is 2.14 bits per heavy atom. The highest BCUT2D eigenvalue weighted by molar-refractivity contribution is 6.62. The number of esters is 2. The second kappa shape index (κ2) is 7.43. The van der Waals surface area contributed by atoms with Crippen LogP contribution in [0.4, 0.5) is 11.4 Å². The Labute approximate surface area is 118 Å². The van der Waals surface area contributed by atoms with E-state index in [4.69, 9.17) is 0 Å². The molecule has 0 aromatic heterocycles. The number of methoxy groups -OCH3 is 2. The average Bonchev–Trinajstić information content (AvgIpc) is 2.47. The number of benzene rings is 1. The van der Waals surface area contributed by atoms with Crippen LogP contribution >= 0.6 is 0 Å². The first-order valence-corrected chi connectivity index (χ1v) is 5.50. The zero-order valence-corrected chi connectivity index (χ0v) is 11.2. The maximum atomic E-state index is 11.4. The summed E-state index contributed by atoms with van der Waals surface area (Å²) in [6, 6.07) is 6.01. The highest BCUT2D eigenvalue weighted by atomic mass is 16.7. The first-order chi connectivity index (χ1) is 9.99. The molecule has 0 heterocycles. The van der Waals surface area contributed by atoms with Crippen LogP contribution in [0.25, 0.3) is 0 Å². The number of para-hydroxylation sites is 2. The van der Waals surface area contributed by atoms with Gasteiger partial charge in [0.25, 0.3) is 5.71 Å². The van der Waals surface area contributed by atoms with E-state index in [0.717, 1.165) is 14.2 Å². The molecule has 10 nitrogen and oxygen atoms in total. The van der Waals surface area contributed by atoms with Crippen LogP contribution in [0.15, 0.2) is 29.4 Å². The molecule has 2 N–H and O–H groups in total. The Morgan fingerprint density at radius 1 is 1.14 bits per heavy atom. The van der Waals surface area contributed by atoms with E-state index in [1.165, 1.54) is 12.1 Å². The Morgan fingerprint density at radius 2 is 1.67 bits per heavy atom. The van der Waals surface area contributed by atoms with Gasteiger partial charge in [0.1, 0.15) is 5.69 Å². The minimum atomic E-state index is -1.01. The normalized spacial score (nSPS) is 9.24. The predicted octanol–water partition coefficient (Wildman–Crippen LogP) is 0.404. The molecule has 10 heteroatoms. The van der Waals surface area contributed by atoms with Gasteiger partial charge in [0, 0.05) is 0 Å². The van der Waals surface area contributed by atoms with Crippen molar-refractivity contribution in [2.75, 3.05) is 25.1 Å². The third kappa shape index (κ3) is 4.45. The molecule has 112 valence electrons. The van der Waals surface area contributed by atoms with E-state index in [0.29, 0.717) is 0 Å². The van der Waals surface area contributed by atoms with Gasteiger partial charge >= 0.3 is 11.9 Å². The van der Waals surface area contributed by atoms with E-state index >= 15 is 0 Å². The molecule has 0 aliphatic carbocycles. The fraction of sp³-hybridized carbons (Fsp3) is 0.182. The third-order valence-corrected chi connectivity index (χ3v) is 2.18. The van der Waals surface area contributed by atoms with E-state index in [1.54, 1.807) is 12.1 Å². The van der Waals surface area contributed by atoms with Gasteiger partial charge < -0.3 is 9.47 Å². The van der Waals surface area contributed by atoms with Crippen molar-refractivity contribution in [1.82, 2.24) is 0 Å². The van der Waals surface area contributed by atoms with Gasteiger partial charge in [-0.15, -0.1) is 5.43 Å². The quantitative estimate of drug-likeness (QED) is 0.253. The maximum Gasteiger partial charge on any atom is 0.366 e. The number of anilines is 2. The van der Waals surface area contributed by atoms with E-state index in [-0.39, 0.29) is 11.4 Å². The second-order valence-corrected chi connectivity index (χ2v) is 3.47. The van der Waals surface area contributed by atoms with Gasteiger partial charge in [-0.3, -0.25) is 5.43 Å². The first-order valence-electron chi connectivity index (χ1n) is 5.50. The SMILES string of the molecule is COC(=O)C(=NNc1ccccc1N[N+](=O)[O-])C(=O)OC. The smallest absolute Gasteiger partial charge is 0.366 e. The molecule has 0 aliphatic heterocycles. The van der Waals surface area contributed by atoms with Gasteiger partial charge in [0.05, 0.1) is 19.9 Å². The minimum Gasteiger partial charge on any atom is -0.464 e. The molecule has 0 aliphatic rings. The number of carbonyl (C=O) groups is 2. The average molecular weight is 296 g/mol. The van der Waals surface area contributed by atoms with Crippen LogP contribution < -0.4 is 10.9 Å². The molecular weight excluding hydrogens is 284 g/mol.